The van der Waals surface area contributed by atoms with Gasteiger partial charge in [-0.2, -0.15) is 5.10 Å². The van der Waals surface area contributed by atoms with Gasteiger partial charge in [0.1, 0.15) is 11.0 Å². The van der Waals surface area contributed by atoms with Crippen LogP contribution in [0.3, 0.4) is 0 Å². The molecule has 0 N–H and O–H groups in total. The Labute approximate surface area is 133 Å². The van der Waals surface area contributed by atoms with E-state index >= 15 is 0 Å². The van der Waals surface area contributed by atoms with Crippen LogP contribution < -0.4 is 4.74 Å². The molecule has 1 saturated heterocycles. The summed E-state index contributed by atoms with van der Waals surface area (Å²) in [5, 5.41) is 8.66. The van der Waals surface area contributed by atoms with Gasteiger partial charge < -0.3 is 9.64 Å². The Morgan fingerprint density at radius 3 is 2.73 bits per heavy atom. The van der Waals surface area contributed by atoms with Crippen LogP contribution in [0, 0.1) is 13.8 Å². The van der Waals surface area contributed by atoms with E-state index in [9.17, 15) is 4.79 Å². The van der Waals surface area contributed by atoms with E-state index in [2.05, 4.69) is 15.2 Å². The fourth-order valence-electron chi connectivity index (χ4n) is 2.57. The van der Waals surface area contributed by atoms with Crippen molar-refractivity contribution in [1.29, 1.82) is 0 Å². The number of likely N-dealkylation sites (tertiary alicyclic amines) is 1. The fraction of sp³-hybridized carbons (Fsp3) is 0.467. The largest absolute Gasteiger partial charge is 0.473 e. The monoisotopic (exact) mass is 318 g/mol. The molecule has 2 aromatic heterocycles. The van der Waals surface area contributed by atoms with E-state index in [0.717, 1.165) is 28.4 Å². The van der Waals surface area contributed by atoms with Crippen LogP contribution in [0.2, 0.25) is 0 Å². The maximum absolute atomic E-state index is 12.5. The highest BCUT2D eigenvalue weighted by atomic mass is 32.1. The second kappa shape index (κ2) is 6.39. The Morgan fingerprint density at radius 1 is 1.36 bits per heavy atom. The third-order valence-corrected chi connectivity index (χ3v) is 4.72. The molecular weight excluding hydrogens is 300 g/mol. The van der Waals surface area contributed by atoms with Gasteiger partial charge in [0.05, 0.1) is 10.7 Å². The number of carbonyl (C=O) groups excluding carboxylic acids is 1. The molecule has 22 heavy (non-hydrogen) atoms. The van der Waals surface area contributed by atoms with Crippen molar-refractivity contribution < 1.29 is 9.53 Å². The Bertz CT molecular complexity index is 651. The van der Waals surface area contributed by atoms with Gasteiger partial charge in [0.15, 0.2) is 0 Å². The van der Waals surface area contributed by atoms with Crippen molar-refractivity contribution in [2.45, 2.75) is 32.8 Å². The molecule has 1 aliphatic rings. The van der Waals surface area contributed by atoms with E-state index in [1.807, 2.05) is 18.7 Å². The molecule has 0 bridgehead atoms. The number of aryl methyl sites for hydroxylation is 2. The van der Waals surface area contributed by atoms with Crippen molar-refractivity contribution >= 4 is 17.2 Å². The number of carbonyl (C=O) groups is 1. The number of ether oxygens (including phenoxy) is 1. The van der Waals surface area contributed by atoms with Crippen molar-refractivity contribution in [3.63, 3.8) is 0 Å². The Balaban J connectivity index is 1.57. The molecule has 1 aliphatic heterocycles. The minimum atomic E-state index is 0.0843. The van der Waals surface area contributed by atoms with Crippen molar-refractivity contribution in [2.75, 3.05) is 13.1 Å². The van der Waals surface area contributed by atoms with Crippen molar-refractivity contribution in [3.8, 4) is 5.88 Å². The first kappa shape index (κ1) is 14.9. The molecule has 0 spiro atoms. The number of piperidine rings is 1. The maximum atomic E-state index is 12.5. The van der Waals surface area contributed by atoms with Crippen LogP contribution in [0.5, 0.6) is 5.88 Å². The van der Waals surface area contributed by atoms with Gasteiger partial charge >= 0.3 is 0 Å². The van der Waals surface area contributed by atoms with E-state index < -0.39 is 0 Å². The van der Waals surface area contributed by atoms with Gasteiger partial charge in [-0.1, -0.05) is 0 Å². The van der Waals surface area contributed by atoms with Gasteiger partial charge in [-0.3, -0.25) is 4.79 Å². The van der Waals surface area contributed by atoms with Crippen LogP contribution >= 0.6 is 11.3 Å². The Hall–Kier alpha value is -2.02. The second-order valence-electron chi connectivity index (χ2n) is 5.32. The first-order valence-corrected chi connectivity index (χ1v) is 8.13. The summed E-state index contributed by atoms with van der Waals surface area (Å²) >= 11 is 1.47. The summed E-state index contributed by atoms with van der Waals surface area (Å²) in [6, 6.07) is 3.60. The number of nitrogens with zero attached hydrogens (tertiary/aromatic N) is 4. The smallest absolute Gasteiger partial charge is 0.265 e. The molecule has 1 fully saturated rings. The van der Waals surface area contributed by atoms with E-state index in [4.69, 9.17) is 4.74 Å². The minimum Gasteiger partial charge on any atom is -0.473 e. The van der Waals surface area contributed by atoms with Gasteiger partial charge in [-0.05, 0) is 19.9 Å². The maximum Gasteiger partial charge on any atom is 0.265 e. The van der Waals surface area contributed by atoms with E-state index in [1.165, 1.54) is 11.3 Å². The molecule has 116 valence electrons. The van der Waals surface area contributed by atoms with E-state index in [-0.39, 0.29) is 12.0 Å². The molecule has 1 amide bonds. The standard InChI is InChI=1S/C15H18N4O2S/c1-10-14(22-11(2)17-10)15(20)19-8-5-12(6-9-19)21-13-4-3-7-16-18-13/h3-4,7,12H,5-6,8-9H2,1-2H3. The number of rotatable bonds is 3. The van der Waals surface area contributed by atoms with Crippen LogP contribution in [0.1, 0.15) is 33.2 Å². The molecule has 7 heteroatoms. The number of hydrogen-bond acceptors (Lipinski definition) is 6. The van der Waals surface area contributed by atoms with Gasteiger partial charge in [0.2, 0.25) is 5.88 Å². The first-order chi connectivity index (χ1) is 10.6. The van der Waals surface area contributed by atoms with Crippen molar-refractivity contribution in [2.24, 2.45) is 0 Å². The molecule has 2 aromatic rings. The molecular formula is C15H18N4O2S. The quantitative estimate of drug-likeness (QED) is 0.868. The molecule has 0 radical (unpaired) electrons. The first-order valence-electron chi connectivity index (χ1n) is 7.31. The highest BCUT2D eigenvalue weighted by molar-refractivity contribution is 7.13. The lowest BCUT2D eigenvalue weighted by atomic mass is 10.1. The summed E-state index contributed by atoms with van der Waals surface area (Å²) in [6.07, 6.45) is 3.32. The lowest BCUT2D eigenvalue weighted by molar-refractivity contribution is 0.0589. The normalized spacial score (nSPS) is 15.8. The highest BCUT2D eigenvalue weighted by Gasteiger charge is 2.27. The highest BCUT2D eigenvalue weighted by Crippen LogP contribution is 2.22. The summed E-state index contributed by atoms with van der Waals surface area (Å²) < 4.78 is 5.80. The zero-order chi connectivity index (χ0) is 15.5. The molecule has 0 atom stereocenters. The van der Waals surface area contributed by atoms with Gasteiger partial charge in [0, 0.05) is 38.2 Å². The van der Waals surface area contributed by atoms with Crippen LogP contribution in [0.15, 0.2) is 18.3 Å². The zero-order valence-corrected chi connectivity index (χ0v) is 13.5. The van der Waals surface area contributed by atoms with Crippen LogP contribution in [-0.4, -0.2) is 45.2 Å². The molecule has 3 heterocycles. The lowest BCUT2D eigenvalue weighted by Crippen LogP contribution is -2.41. The minimum absolute atomic E-state index is 0.0843. The molecule has 6 nitrogen and oxygen atoms in total. The predicted octanol–water partition coefficient (Wildman–Crippen LogP) is 2.23. The lowest BCUT2D eigenvalue weighted by Gasteiger charge is -2.31. The molecule has 0 aliphatic carbocycles. The Morgan fingerprint density at radius 2 is 2.14 bits per heavy atom. The van der Waals surface area contributed by atoms with Gasteiger partial charge in [0.25, 0.3) is 5.91 Å². The molecule has 3 rings (SSSR count). The zero-order valence-electron chi connectivity index (χ0n) is 12.7. The summed E-state index contributed by atoms with van der Waals surface area (Å²) in [7, 11) is 0. The predicted molar refractivity (Wildman–Crippen MR) is 83.2 cm³/mol. The molecule has 0 saturated carbocycles. The van der Waals surface area contributed by atoms with Gasteiger partial charge in [-0.15, -0.1) is 16.4 Å². The third-order valence-electron chi connectivity index (χ3n) is 3.66. The summed E-state index contributed by atoms with van der Waals surface area (Å²) in [5.74, 6) is 0.627. The van der Waals surface area contributed by atoms with Gasteiger partial charge in [-0.25, -0.2) is 4.98 Å². The van der Waals surface area contributed by atoms with E-state index in [0.29, 0.717) is 19.0 Å². The van der Waals surface area contributed by atoms with E-state index in [1.54, 1.807) is 18.3 Å². The van der Waals surface area contributed by atoms with Crippen LogP contribution in [0.4, 0.5) is 0 Å². The SMILES string of the molecule is Cc1nc(C)c(C(=O)N2CCC(Oc3cccnn3)CC2)s1. The fourth-order valence-corrected chi connectivity index (χ4v) is 3.46. The van der Waals surface area contributed by atoms with Crippen molar-refractivity contribution in [3.05, 3.63) is 33.9 Å². The number of thiazole rings is 1. The number of amides is 1. The average Bonchev–Trinajstić information content (AvgIpc) is 2.87. The van der Waals surface area contributed by atoms with Crippen LogP contribution in [0.25, 0.3) is 0 Å². The van der Waals surface area contributed by atoms with Crippen LogP contribution in [-0.2, 0) is 0 Å². The third kappa shape index (κ3) is 3.24. The second-order valence-corrected chi connectivity index (χ2v) is 6.52. The number of hydrogen-bond donors (Lipinski definition) is 0. The average molecular weight is 318 g/mol. The summed E-state index contributed by atoms with van der Waals surface area (Å²) in [6.45, 7) is 5.20. The Kier molecular flexibility index (Phi) is 4.33. The van der Waals surface area contributed by atoms with Crippen molar-refractivity contribution in [1.82, 2.24) is 20.1 Å². The molecule has 0 unspecified atom stereocenters. The topological polar surface area (TPSA) is 68.2 Å². The molecule has 0 aromatic carbocycles. The summed E-state index contributed by atoms with van der Waals surface area (Å²) in [4.78, 5) is 19.5. The number of aromatic nitrogens is 3. The summed E-state index contributed by atoms with van der Waals surface area (Å²) in [5.41, 5.74) is 0.824.